The molecule has 1 aliphatic heterocycles. The van der Waals surface area contributed by atoms with E-state index in [1.165, 1.54) is 30.6 Å². The number of fused-ring (bicyclic) bond motifs is 1. The quantitative estimate of drug-likeness (QED) is 0.859. The van der Waals surface area contributed by atoms with E-state index in [-0.39, 0.29) is 0 Å². The number of benzene rings is 1. The van der Waals surface area contributed by atoms with Crippen LogP contribution in [0.4, 0.5) is 0 Å². The van der Waals surface area contributed by atoms with Gasteiger partial charge in [0, 0.05) is 25.7 Å². The first-order valence-corrected chi connectivity index (χ1v) is 7.21. The predicted octanol–water partition coefficient (Wildman–Crippen LogP) is 2.68. The van der Waals surface area contributed by atoms with E-state index in [0.29, 0.717) is 6.04 Å². The molecule has 1 aromatic rings. The summed E-state index contributed by atoms with van der Waals surface area (Å²) in [6, 6.07) is 9.43. The van der Waals surface area contributed by atoms with Gasteiger partial charge >= 0.3 is 0 Å². The second kappa shape index (κ2) is 6.35. The van der Waals surface area contributed by atoms with Crippen LogP contribution < -0.4 is 5.32 Å². The third-order valence-electron chi connectivity index (χ3n) is 3.72. The van der Waals surface area contributed by atoms with Crippen molar-refractivity contribution < 1.29 is 0 Å². The third kappa shape index (κ3) is 3.56. The molecule has 1 atom stereocenters. The summed E-state index contributed by atoms with van der Waals surface area (Å²) in [7, 11) is 0. The normalized spacial score (nSPS) is 19.3. The van der Waals surface area contributed by atoms with Crippen molar-refractivity contribution in [1.29, 1.82) is 0 Å². The van der Waals surface area contributed by atoms with E-state index >= 15 is 0 Å². The summed E-state index contributed by atoms with van der Waals surface area (Å²) < 4.78 is 0. The van der Waals surface area contributed by atoms with Crippen LogP contribution in [0.5, 0.6) is 0 Å². The van der Waals surface area contributed by atoms with Crippen LogP contribution in [0.3, 0.4) is 0 Å². The van der Waals surface area contributed by atoms with Crippen molar-refractivity contribution in [2.75, 3.05) is 19.6 Å². The molecule has 2 nitrogen and oxygen atoms in total. The van der Waals surface area contributed by atoms with Crippen molar-refractivity contribution in [1.82, 2.24) is 10.2 Å². The molecule has 0 bridgehead atoms. The van der Waals surface area contributed by atoms with Crippen molar-refractivity contribution in [3.05, 3.63) is 35.4 Å². The molecule has 0 aliphatic carbocycles. The third-order valence-corrected chi connectivity index (χ3v) is 3.72. The minimum absolute atomic E-state index is 0.610. The van der Waals surface area contributed by atoms with Gasteiger partial charge in [-0.1, -0.05) is 45.0 Å². The van der Waals surface area contributed by atoms with E-state index in [1.54, 1.807) is 0 Å². The summed E-state index contributed by atoms with van der Waals surface area (Å²) >= 11 is 0. The Labute approximate surface area is 111 Å². The van der Waals surface area contributed by atoms with Gasteiger partial charge in [0.25, 0.3) is 0 Å². The summed E-state index contributed by atoms with van der Waals surface area (Å²) in [5.41, 5.74) is 3.00. The highest BCUT2D eigenvalue weighted by molar-refractivity contribution is 5.29. The van der Waals surface area contributed by atoms with Crippen LogP contribution >= 0.6 is 0 Å². The van der Waals surface area contributed by atoms with Crippen LogP contribution in [0.1, 0.15) is 31.9 Å². The summed E-state index contributed by atoms with van der Waals surface area (Å²) in [4.78, 5) is 2.57. The smallest absolute Gasteiger partial charge is 0.0238 e. The van der Waals surface area contributed by atoms with Crippen molar-refractivity contribution >= 4 is 0 Å². The van der Waals surface area contributed by atoms with Gasteiger partial charge in [0.1, 0.15) is 0 Å². The number of hydrogen-bond donors (Lipinski definition) is 1. The topological polar surface area (TPSA) is 15.3 Å². The van der Waals surface area contributed by atoms with E-state index in [2.05, 4.69) is 55.3 Å². The zero-order valence-corrected chi connectivity index (χ0v) is 11.9. The minimum Gasteiger partial charge on any atom is -0.308 e. The van der Waals surface area contributed by atoms with E-state index in [4.69, 9.17) is 0 Å². The highest BCUT2D eigenvalue weighted by atomic mass is 15.1. The second-order valence-electron chi connectivity index (χ2n) is 5.80. The van der Waals surface area contributed by atoms with Crippen molar-refractivity contribution in [2.45, 2.75) is 39.8 Å². The lowest BCUT2D eigenvalue weighted by molar-refractivity contribution is 0.223. The maximum Gasteiger partial charge on any atom is 0.0238 e. The highest BCUT2D eigenvalue weighted by Crippen LogP contribution is 2.17. The molecule has 0 spiro atoms. The molecule has 0 saturated heterocycles. The highest BCUT2D eigenvalue weighted by Gasteiger charge is 2.19. The second-order valence-corrected chi connectivity index (χ2v) is 5.80. The molecular weight excluding hydrogens is 220 g/mol. The number of likely N-dealkylation sites (N-methyl/N-ethyl adjacent to an activating group) is 1. The number of hydrogen-bond acceptors (Lipinski definition) is 2. The first kappa shape index (κ1) is 13.6. The van der Waals surface area contributed by atoms with Crippen LogP contribution in [0.2, 0.25) is 0 Å². The maximum atomic E-state index is 3.67. The fourth-order valence-corrected chi connectivity index (χ4v) is 2.81. The lowest BCUT2D eigenvalue weighted by Gasteiger charge is -2.32. The summed E-state index contributed by atoms with van der Waals surface area (Å²) in [6.07, 6.45) is 1.17. The van der Waals surface area contributed by atoms with Crippen LogP contribution in [0.15, 0.2) is 24.3 Å². The van der Waals surface area contributed by atoms with Crippen molar-refractivity contribution in [2.24, 2.45) is 5.92 Å². The number of rotatable bonds is 5. The zero-order chi connectivity index (χ0) is 13.0. The Bertz CT molecular complexity index is 373. The van der Waals surface area contributed by atoms with Gasteiger partial charge < -0.3 is 10.2 Å². The predicted molar refractivity (Wildman–Crippen MR) is 77.7 cm³/mol. The van der Waals surface area contributed by atoms with Gasteiger partial charge in [0.2, 0.25) is 0 Å². The standard InChI is InChI=1S/C16H26N2/c1-4-18(11-13(2)3)12-16-9-14-7-5-6-8-15(14)10-17-16/h5-8,13,16-17H,4,9-12H2,1-3H3. The fourth-order valence-electron chi connectivity index (χ4n) is 2.81. The van der Waals surface area contributed by atoms with Crippen LogP contribution in [-0.2, 0) is 13.0 Å². The van der Waals surface area contributed by atoms with Gasteiger partial charge in [0.15, 0.2) is 0 Å². The van der Waals surface area contributed by atoms with E-state index in [9.17, 15) is 0 Å². The Morgan fingerprint density at radius 3 is 2.67 bits per heavy atom. The molecule has 0 fully saturated rings. The van der Waals surface area contributed by atoms with Crippen molar-refractivity contribution in [3.8, 4) is 0 Å². The Morgan fingerprint density at radius 2 is 2.00 bits per heavy atom. The molecular formula is C16H26N2. The Morgan fingerprint density at radius 1 is 1.28 bits per heavy atom. The van der Waals surface area contributed by atoms with Gasteiger partial charge in [-0.2, -0.15) is 0 Å². The molecule has 2 heteroatoms. The molecule has 1 heterocycles. The van der Waals surface area contributed by atoms with Crippen LogP contribution in [0, 0.1) is 5.92 Å². The Balaban J connectivity index is 1.92. The maximum absolute atomic E-state index is 3.67. The van der Waals surface area contributed by atoms with E-state index < -0.39 is 0 Å². The SMILES string of the molecule is CCN(CC(C)C)CC1Cc2ccccc2CN1. The molecule has 100 valence electrons. The monoisotopic (exact) mass is 246 g/mol. The van der Waals surface area contributed by atoms with Crippen molar-refractivity contribution in [3.63, 3.8) is 0 Å². The molecule has 0 amide bonds. The number of nitrogens with zero attached hydrogens (tertiary/aromatic N) is 1. The van der Waals surface area contributed by atoms with Crippen LogP contribution in [0.25, 0.3) is 0 Å². The molecule has 1 N–H and O–H groups in total. The van der Waals surface area contributed by atoms with E-state index in [0.717, 1.165) is 19.0 Å². The van der Waals surface area contributed by atoms with Gasteiger partial charge in [0.05, 0.1) is 0 Å². The Kier molecular flexibility index (Phi) is 4.79. The molecule has 0 saturated carbocycles. The molecule has 0 radical (unpaired) electrons. The summed E-state index contributed by atoms with van der Waals surface area (Å²) in [5, 5.41) is 3.67. The minimum atomic E-state index is 0.610. The lowest BCUT2D eigenvalue weighted by atomic mass is 9.95. The Hall–Kier alpha value is -0.860. The molecule has 1 aromatic carbocycles. The largest absolute Gasteiger partial charge is 0.308 e. The first-order valence-electron chi connectivity index (χ1n) is 7.21. The fraction of sp³-hybridized carbons (Fsp3) is 0.625. The van der Waals surface area contributed by atoms with Gasteiger partial charge in [-0.25, -0.2) is 0 Å². The molecule has 1 unspecified atom stereocenters. The average molecular weight is 246 g/mol. The first-order chi connectivity index (χ1) is 8.69. The van der Waals surface area contributed by atoms with Gasteiger partial charge in [-0.15, -0.1) is 0 Å². The molecule has 2 rings (SSSR count). The lowest BCUT2D eigenvalue weighted by Crippen LogP contribution is -2.45. The number of nitrogens with one attached hydrogen (secondary N) is 1. The summed E-state index contributed by atoms with van der Waals surface area (Å²) in [5.74, 6) is 0.751. The van der Waals surface area contributed by atoms with Gasteiger partial charge in [-0.05, 0) is 30.0 Å². The molecule has 0 aromatic heterocycles. The zero-order valence-electron chi connectivity index (χ0n) is 11.9. The van der Waals surface area contributed by atoms with Crippen LogP contribution in [-0.4, -0.2) is 30.6 Å². The molecule has 18 heavy (non-hydrogen) atoms. The molecule has 1 aliphatic rings. The van der Waals surface area contributed by atoms with E-state index in [1.807, 2.05) is 0 Å². The van der Waals surface area contributed by atoms with Gasteiger partial charge in [-0.3, -0.25) is 0 Å². The summed E-state index contributed by atoms with van der Waals surface area (Å²) in [6.45, 7) is 11.4. The average Bonchev–Trinajstić information content (AvgIpc) is 2.37.